The second-order valence-corrected chi connectivity index (χ2v) is 7.98. The molecule has 1 aliphatic rings. The van der Waals surface area contributed by atoms with Gasteiger partial charge < -0.3 is 15.5 Å². The van der Waals surface area contributed by atoms with Gasteiger partial charge in [0.2, 0.25) is 11.1 Å². The highest BCUT2D eigenvalue weighted by Gasteiger charge is 2.37. The van der Waals surface area contributed by atoms with Gasteiger partial charge in [-0.3, -0.25) is 4.79 Å². The predicted octanol–water partition coefficient (Wildman–Crippen LogP) is 3.69. The van der Waals surface area contributed by atoms with Gasteiger partial charge >= 0.3 is 0 Å². The molecule has 1 aliphatic heterocycles. The highest BCUT2D eigenvalue weighted by molar-refractivity contribution is 8.00. The first-order chi connectivity index (χ1) is 14.0. The number of fused-ring (bicyclic) bond motifs is 1. The Kier molecular flexibility index (Phi) is 5.44. The average molecular weight is 410 g/mol. The quantitative estimate of drug-likeness (QED) is 0.669. The topological polar surface area (TPSA) is 81.1 Å². The zero-order chi connectivity index (χ0) is 20.4. The maximum absolute atomic E-state index is 13.2. The number of thioether (sulfide) groups is 1. The monoisotopic (exact) mass is 409 g/mol. The van der Waals surface area contributed by atoms with Crippen LogP contribution in [0, 0.1) is 13.8 Å². The minimum absolute atomic E-state index is 0.0860. The molecule has 3 aromatic rings. The van der Waals surface area contributed by atoms with Crippen molar-refractivity contribution in [3.05, 3.63) is 65.5 Å². The van der Waals surface area contributed by atoms with Gasteiger partial charge in [0.25, 0.3) is 0 Å². The van der Waals surface area contributed by atoms with E-state index < -0.39 is 5.25 Å². The molecule has 1 amide bonds. The Balaban J connectivity index is 1.62. The summed E-state index contributed by atoms with van der Waals surface area (Å²) in [4.78, 5) is 13.2. The number of carbonyl (C=O) groups excluding carboxylic acids is 1. The SMILES string of the molecule is CCOc1ccc(C2Nn3c(C)nnc3SC2C(=O)Nc2ccc(C)cc2)cc1. The highest BCUT2D eigenvalue weighted by atomic mass is 32.2. The van der Waals surface area contributed by atoms with Crippen LogP contribution in [0.5, 0.6) is 5.75 Å². The molecule has 0 aliphatic carbocycles. The van der Waals surface area contributed by atoms with Gasteiger partial charge in [0.05, 0.1) is 12.6 Å². The molecule has 0 radical (unpaired) electrons. The lowest BCUT2D eigenvalue weighted by Gasteiger charge is -2.32. The van der Waals surface area contributed by atoms with Crippen LogP contribution >= 0.6 is 11.8 Å². The molecule has 29 heavy (non-hydrogen) atoms. The van der Waals surface area contributed by atoms with Crippen molar-refractivity contribution in [2.75, 3.05) is 17.3 Å². The number of benzene rings is 2. The lowest BCUT2D eigenvalue weighted by Crippen LogP contribution is -2.41. The van der Waals surface area contributed by atoms with Crippen molar-refractivity contribution >= 4 is 23.4 Å². The Morgan fingerprint density at radius 1 is 1.14 bits per heavy atom. The van der Waals surface area contributed by atoms with E-state index in [0.29, 0.717) is 11.8 Å². The maximum Gasteiger partial charge on any atom is 0.240 e. The summed E-state index contributed by atoms with van der Waals surface area (Å²) in [6.07, 6.45) is 0. The first-order valence-corrected chi connectivity index (χ1v) is 10.4. The fraction of sp³-hybridized carbons (Fsp3) is 0.286. The fourth-order valence-corrected chi connectivity index (χ4v) is 4.32. The van der Waals surface area contributed by atoms with Gasteiger partial charge in [-0.1, -0.05) is 41.6 Å². The van der Waals surface area contributed by atoms with E-state index >= 15 is 0 Å². The lowest BCUT2D eigenvalue weighted by molar-refractivity contribution is -0.116. The maximum atomic E-state index is 13.2. The normalized spacial score (nSPS) is 17.9. The Bertz CT molecular complexity index is 1000. The molecular weight excluding hydrogens is 386 g/mol. The Hall–Kier alpha value is -3.00. The third-order valence-electron chi connectivity index (χ3n) is 4.73. The van der Waals surface area contributed by atoms with Gasteiger partial charge in [-0.2, -0.15) is 0 Å². The summed E-state index contributed by atoms with van der Waals surface area (Å²) in [6, 6.07) is 15.4. The Morgan fingerprint density at radius 3 is 2.55 bits per heavy atom. The van der Waals surface area contributed by atoms with Crippen LogP contribution in [0.25, 0.3) is 0 Å². The lowest BCUT2D eigenvalue weighted by atomic mass is 10.0. The number of hydrogen-bond donors (Lipinski definition) is 2. The van der Waals surface area contributed by atoms with Crippen molar-refractivity contribution < 1.29 is 9.53 Å². The number of rotatable bonds is 5. The number of ether oxygens (including phenoxy) is 1. The number of nitrogens with zero attached hydrogens (tertiary/aromatic N) is 3. The van der Waals surface area contributed by atoms with E-state index in [4.69, 9.17) is 4.74 Å². The van der Waals surface area contributed by atoms with Crippen LogP contribution in [0.1, 0.15) is 29.9 Å². The predicted molar refractivity (Wildman–Crippen MR) is 114 cm³/mol. The third-order valence-corrected chi connectivity index (χ3v) is 5.94. The molecule has 2 heterocycles. The van der Waals surface area contributed by atoms with Gasteiger partial charge in [0, 0.05) is 5.69 Å². The van der Waals surface area contributed by atoms with Gasteiger partial charge in [0.1, 0.15) is 16.8 Å². The molecule has 1 aromatic heterocycles. The summed E-state index contributed by atoms with van der Waals surface area (Å²) >= 11 is 1.41. The number of nitrogens with one attached hydrogen (secondary N) is 2. The molecular formula is C21H23N5O2S. The molecule has 150 valence electrons. The molecule has 4 rings (SSSR count). The summed E-state index contributed by atoms with van der Waals surface area (Å²) in [5, 5.41) is 11.6. The van der Waals surface area contributed by atoms with Crippen LogP contribution in [-0.2, 0) is 4.79 Å². The van der Waals surface area contributed by atoms with Crippen LogP contribution in [0.2, 0.25) is 0 Å². The number of hydrogen-bond acceptors (Lipinski definition) is 6. The van der Waals surface area contributed by atoms with Gasteiger partial charge in [-0.05, 0) is 50.6 Å². The molecule has 0 spiro atoms. The van der Waals surface area contributed by atoms with Crippen LogP contribution in [0.3, 0.4) is 0 Å². The number of aromatic nitrogens is 3. The molecule has 0 bridgehead atoms. The molecule has 0 saturated carbocycles. The summed E-state index contributed by atoms with van der Waals surface area (Å²) in [5.41, 5.74) is 6.32. The van der Waals surface area contributed by atoms with Crippen molar-refractivity contribution in [1.29, 1.82) is 0 Å². The van der Waals surface area contributed by atoms with E-state index in [-0.39, 0.29) is 11.9 Å². The minimum Gasteiger partial charge on any atom is -0.494 e. The summed E-state index contributed by atoms with van der Waals surface area (Å²) < 4.78 is 7.38. The van der Waals surface area contributed by atoms with Crippen LogP contribution in [0.4, 0.5) is 5.69 Å². The van der Waals surface area contributed by atoms with Crippen molar-refractivity contribution in [2.24, 2.45) is 0 Å². The van der Waals surface area contributed by atoms with E-state index in [0.717, 1.165) is 28.4 Å². The summed E-state index contributed by atoms with van der Waals surface area (Å²) in [6.45, 7) is 6.46. The van der Waals surface area contributed by atoms with Crippen LogP contribution in [-0.4, -0.2) is 32.6 Å². The van der Waals surface area contributed by atoms with Crippen molar-refractivity contribution in [1.82, 2.24) is 14.9 Å². The summed E-state index contributed by atoms with van der Waals surface area (Å²) in [5.74, 6) is 1.47. The van der Waals surface area contributed by atoms with Gasteiger partial charge in [-0.15, -0.1) is 10.2 Å². The van der Waals surface area contributed by atoms with Crippen LogP contribution in [0.15, 0.2) is 53.7 Å². The first kappa shape index (κ1) is 19.3. The number of aryl methyl sites for hydroxylation is 2. The molecule has 0 saturated heterocycles. The fourth-order valence-electron chi connectivity index (χ4n) is 3.20. The van der Waals surface area contributed by atoms with E-state index in [1.54, 1.807) is 0 Å². The molecule has 8 heteroatoms. The second kappa shape index (κ2) is 8.16. The molecule has 2 unspecified atom stereocenters. The number of anilines is 1. The van der Waals surface area contributed by atoms with Crippen molar-refractivity contribution in [3.8, 4) is 5.75 Å². The first-order valence-electron chi connectivity index (χ1n) is 9.50. The Morgan fingerprint density at radius 2 is 1.86 bits per heavy atom. The van der Waals surface area contributed by atoms with Gasteiger partial charge in [0.15, 0.2) is 0 Å². The second-order valence-electron chi connectivity index (χ2n) is 6.87. The molecule has 2 N–H and O–H groups in total. The minimum atomic E-state index is -0.412. The summed E-state index contributed by atoms with van der Waals surface area (Å²) in [7, 11) is 0. The number of amides is 1. The Labute approximate surface area is 173 Å². The van der Waals surface area contributed by atoms with Gasteiger partial charge in [-0.25, -0.2) is 4.68 Å². The zero-order valence-corrected chi connectivity index (χ0v) is 17.4. The standard InChI is InChI=1S/C21H23N5O2S/c1-4-28-17-11-7-15(8-12-17)18-19(29-21-24-23-14(3)26(21)25-18)20(27)22-16-9-5-13(2)6-10-16/h5-12,18-19,25H,4H2,1-3H3,(H,22,27). The third kappa shape index (κ3) is 4.07. The smallest absolute Gasteiger partial charge is 0.240 e. The van der Waals surface area contributed by atoms with E-state index in [1.807, 2.05) is 74.0 Å². The zero-order valence-electron chi connectivity index (χ0n) is 16.5. The van der Waals surface area contributed by atoms with E-state index in [1.165, 1.54) is 11.8 Å². The molecule has 2 aromatic carbocycles. The number of carbonyl (C=O) groups is 1. The van der Waals surface area contributed by atoms with E-state index in [9.17, 15) is 4.79 Å². The van der Waals surface area contributed by atoms with Crippen LogP contribution < -0.4 is 15.5 Å². The molecule has 0 fully saturated rings. The molecule has 2 atom stereocenters. The molecule has 7 nitrogen and oxygen atoms in total. The van der Waals surface area contributed by atoms with Crippen molar-refractivity contribution in [3.63, 3.8) is 0 Å². The average Bonchev–Trinajstić information content (AvgIpc) is 3.10. The highest BCUT2D eigenvalue weighted by Crippen LogP contribution is 2.37. The largest absolute Gasteiger partial charge is 0.494 e. The van der Waals surface area contributed by atoms with E-state index in [2.05, 4.69) is 20.9 Å². The van der Waals surface area contributed by atoms with Crippen molar-refractivity contribution in [2.45, 2.75) is 37.2 Å².